The summed E-state index contributed by atoms with van der Waals surface area (Å²) in [7, 11) is -0.995. The Balaban J connectivity index is 2.64. The first kappa shape index (κ1) is 17.2. The molecule has 0 aromatic heterocycles. The van der Waals surface area contributed by atoms with Crippen molar-refractivity contribution in [3.05, 3.63) is 29.8 Å². The first-order valence-corrected chi connectivity index (χ1v) is 8.61. The normalized spacial score (nSPS) is 22.9. The van der Waals surface area contributed by atoms with Crippen molar-refractivity contribution >= 4 is 21.9 Å². The molecule has 1 amide bonds. The monoisotopic (exact) mass is 342 g/mol. The molecule has 126 valence electrons. The Morgan fingerprint density at radius 2 is 1.96 bits per heavy atom. The van der Waals surface area contributed by atoms with Gasteiger partial charge in [0.1, 0.15) is 11.8 Å². The summed E-state index contributed by atoms with van der Waals surface area (Å²) in [6.45, 7) is -0.502. The van der Waals surface area contributed by atoms with Gasteiger partial charge in [-0.25, -0.2) is 8.42 Å². The molecule has 0 spiro atoms. The molecule has 1 aromatic rings. The zero-order valence-corrected chi connectivity index (χ0v) is 13.8. The van der Waals surface area contributed by atoms with Crippen molar-refractivity contribution in [2.75, 3.05) is 27.0 Å². The summed E-state index contributed by atoms with van der Waals surface area (Å²) in [6.07, 6.45) is 0.890. The third-order valence-corrected chi connectivity index (χ3v) is 5.06. The molecule has 23 heavy (non-hydrogen) atoms. The van der Waals surface area contributed by atoms with Crippen LogP contribution in [0, 0.1) is 0 Å². The van der Waals surface area contributed by atoms with Crippen molar-refractivity contribution in [1.82, 2.24) is 9.21 Å². The molecule has 1 heterocycles. The number of amides is 1. The number of carboxylic acids is 1. The number of rotatable bonds is 4. The minimum Gasteiger partial charge on any atom is -0.496 e. The molecule has 0 unspecified atom stereocenters. The molecular weight excluding hydrogens is 324 g/mol. The Kier molecular flexibility index (Phi) is 4.62. The van der Waals surface area contributed by atoms with Gasteiger partial charge in [-0.2, -0.15) is 4.31 Å². The number of piperazine rings is 1. The molecule has 1 aliphatic rings. The van der Waals surface area contributed by atoms with Crippen LogP contribution < -0.4 is 4.74 Å². The van der Waals surface area contributed by atoms with E-state index in [0.29, 0.717) is 11.3 Å². The predicted molar refractivity (Wildman–Crippen MR) is 81.5 cm³/mol. The van der Waals surface area contributed by atoms with E-state index in [9.17, 15) is 23.1 Å². The van der Waals surface area contributed by atoms with Crippen molar-refractivity contribution in [2.24, 2.45) is 0 Å². The van der Waals surface area contributed by atoms with Gasteiger partial charge in [0.25, 0.3) is 0 Å². The standard InChI is InChI=1S/C14H18N2O6S/c1-15-11(17)8-16(23(3,20)21)13(14(18)19)12(15)9-6-4-5-7-10(9)22-2/h4-7,12-13H,8H2,1-3H3,(H,18,19)/t12-,13+/m1/s1. The van der Waals surface area contributed by atoms with Crippen molar-refractivity contribution in [3.8, 4) is 5.75 Å². The minimum atomic E-state index is -3.87. The quantitative estimate of drug-likeness (QED) is 0.821. The van der Waals surface area contributed by atoms with Crippen LogP contribution in [-0.2, 0) is 19.6 Å². The molecule has 1 N–H and O–H groups in total. The summed E-state index contributed by atoms with van der Waals surface area (Å²) in [5.41, 5.74) is 0.437. The van der Waals surface area contributed by atoms with Crippen molar-refractivity contribution in [1.29, 1.82) is 0 Å². The minimum absolute atomic E-state index is 0.388. The maximum Gasteiger partial charge on any atom is 0.324 e. The highest BCUT2D eigenvalue weighted by Gasteiger charge is 2.48. The third kappa shape index (κ3) is 3.15. The van der Waals surface area contributed by atoms with Gasteiger partial charge in [0.15, 0.2) is 0 Å². The fourth-order valence-electron chi connectivity index (χ4n) is 2.74. The van der Waals surface area contributed by atoms with Gasteiger partial charge in [0.05, 0.1) is 26.0 Å². The second-order valence-corrected chi connectivity index (χ2v) is 7.22. The average molecular weight is 342 g/mol. The number of carboxylic acid groups (broad SMARTS) is 1. The van der Waals surface area contributed by atoms with Crippen LogP contribution in [-0.4, -0.2) is 67.6 Å². The molecule has 2 rings (SSSR count). The Morgan fingerprint density at radius 1 is 1.35 bits per heavy atom. The van der Waals surface area contributed by atoms with E-state index < -0.39 is 40.5 Å². The lowest BCUT2D eigenvalue weighted by Crippen LogP contribution is -2.60. The fraction of sp³-hybridized carbons (Fsp3) is 0.429. The predicted octanol–water partition coefficient (Wildman–Crippen LogP) is -0.0769. The fourth-order valence-corrected chi connectivity index (χ4v) is 3.70. The van der Waals surface area contributed by atoms with Gasteiger partial charge in [0, 0.05) is 12.6 Å². The van der Waals surface area contributed by atoms with Crippen LogP contribution in [0.15, 0.2) is 24.3 Å². The topological polar surface area (TPSA) is 104 Å². The van der Waals surface area contributed by atoms with Crippen LogP contribution in [0.4, 0.5) is 0 Å². The molecule has 1 aliphatic heterocycles. The maximum atomic E-state index is 12.2. The molecule has 8 nitrogen and oxygen atoms in total. The number of likely N-dealkylation sites (N-methyl/N-ethyl adjacent to an activating group) is 1. The number of carbonyl (C=O) groups is 2. The molecule has 0 radical (unpaired) electrons. The van der Waals surface area contributed by atoms with Gasteiger partial charge < -0.3 is 14.7 Å². The summed E-state index contributed by atoms with van der Waals surface area (Å²) in [5.74, 6) is -1.42. The van der Waals surface area contributed by atoms with Gasteiger partial charge >= 0.3 is 5.97 Å². The van der Waals surface area contributed by atoms with E-state index in [4.69, 9.17) is 4.74 Å². The number of hydrogen-bond acceptors (Lipinski definition) is 5. The van der Waals surface area contributed by atoms with Crippen molar-refractivity contribution in [3.63, 3.8) is 0 Å². The number of para-hydroxylation sites is 1. The molecule has 9 heteroatoms. The Hall–Kier alpha value is -2.13. The lowest BCUT2D eigenvalue weighted by molar-refractivity contribution is -0.151. The third-order valence-electron chi connectivity index (χ3n) is 3.85. The van der Waals surface area contributed by atoms with Crippen LogP contribution >= 0.6 is 0 Å². The van der Waals surface area contributed by atoms with Crippen LogP contribution in [0.25, 0.3) is 0 Å². The summed E-state index contributed by atoms with van der Waals surface area (Å²) in [6, 6.07) is 4.22. The molecule has 1 fully saturated rings. The lowest BCUT2D eigenvalue weighted by atomic mass is 9.94. The Bertz CT molecular complexity index is 733. The number of ether oxygens (including phenoxy) is 1. The van der Waals surface area contributed by atoms with E-state index >= 15 is 0 Å². The smallest absolute Gasteiger partial charge is 0.324 e. The number of benzene rings is 1. The van der Waals surface area contributed by atoms with Crippen molar-refractivity contribution in [2.45, 2.75) is 12.1 Å². The van der Waals surface area contributed by atoms with E-state index in [-0.39, 0.29) is 0 Å². The first-order chi connectivity index (χ1) is 10.7. The van der Waals surface area contributed by atoms with Gasteiger partial charge in [-0.15, -0.1) is 0 Å². The molecule has 1 aromatic carbocycles. The van der Waals surface area contributed by atoms with E-state index in [1.165, 1.54) is 19.1 Å². The van der Waals surface area contributed by atoms with Crippen LogP contribution in [0.3, 0.4) is 0 Å². The van der Waals surface area contributed by atoms with Crippen LogP contribution in [0.1, 0.15) is 11.6 Å². The number of carbonyl (C=O) groups excluding carboxylic acids is 1. The van der Waals surface area contributed by atoms with E-state index in [0.717, 1.165) is 10.6 Å². The molecule has 2 atom stereocenters. The van der Waals surface area contributed by atoms with Crippen LogP contribution in [0.2, 0.25) is 0 Å². The average Bonchev–Trinajstić information content (AvgIpc) is 2.48. The molecule has 0 bridgehead atoms. The molecule has 0 aliphatic carbocycles. The molecule has 0 saturated carbocycles. The summed E-state index contributed by atoms with van der Waals surface area (Å²) in [5, 5.41) is 9.59. The number of hydrogen-bond donors (Lipinski definition) is 1. The second-order valence-electron chi connectivity index (χ2n) is 5.28. The lowest BCUT2D eigenvalue weighted by Gasteiger charge is -2.42. The van der Waals surface area contributed by atoms with Crippen LogP contribution in [0.5, 0.6) is 5.75 Å². The number of nitrogens with zero attached hydrogens (tertiary/aromatic N) is 2. The summed E-state index contributed by atoms with van der Waals surface area (Å²) >= 11 is 0. The van der Waals surface area contributed by atoms with Gasteiger partial charge in [0.2, 0.25) is 15.9 Å². The largest absolute Gasteiger partial charge is 0.496 e. The maximum absolute atomic E-state index is 12.2. The molecular formula is C14H18N2O6S. The highest BCUT2D eigenvalue weighted by atomic mass is 32.2. The van der Waals surface area contributed by atoms with Gasteiger partial charge in [-0.05, 0) is 6.07 Å². The second kappa shape index (κ2) is 6.17. The van der Waals surface area contributed by atoms with E-state index in [2.05, 4.69) is 0 Å². The molecule has 1 saturated heterocycles. The van der Waals surface area contributed by atoms with Crippen molar-refractivity contribution < 1.29 is 27.9 Å². The number of methoxy groups -OCH3 is 1. The zero-order valence-electron chi connectivity index (χ0n) is 13.0. The summed E-state index contributed by atoms with van der Waals surface area (Å²) < 4.78 is 29.8. The number of sulfonamides is 1. The zero-order chi connectivity index (χ0) is 17.4. The first-order valence-electron chi connectivity index (χ1n) is 6.76. The van der Waals surface area contributed by atoms with E-state index in [1.807, 2.05) is 0 Å². The highest BCUT2D eigenvalue weighted by Crippen LogP contribution is 2.36. The van der Waals surface area contributed by atoms with E-state index in [1.54, 1.807) is 24.3 Å². The van der Waals surface area contributed by atoms with Gasteiger partial charge in [-0.1, -0.05) is 18.2 Å². The Morgan fingerprint density at radius 3 is 2.48 bits per heavy atom. The highest BCUT2D eigenvalue weighted by molar-refractivity contribution is 7.88. The van der Waals surface area contributed by atoms with Gasteiger partial charge in [-0.3, -0.25) is 9.59 Å². The Labute approximate surface area is 134 Å². The number of aliphatic carboxylic acids is 1. The SMILES string of the molecule is COc1ccccc1[C@@H]1[C@@H](C(=O)O)N(S(C)(=O)=O)CC(=O)N1C. The summed E-state index contributed by atoms with van der Waals surface area (Å²) in [4.78, 5) is 25.2.